The lowest BCUT2D eigenvalue weighted by molar-refractivity contribution is 0.0398. The lowest BCUT2D eigenvalue weighted by Gasteiger charge is -2.28. The molecule has 2 aliphatic rings. The van der Waals surface area contributed by atoms with Crippen LogP contribution in [0.15, 0.2) is 36.4 Å². The number of ether oxygens (including phenoxy) is 2. The smallest absolute Gasteiger partial charge is 0.163 e. The van der Waals surface area contributed by atoms with Gasteiger partial charge in [-0.25, -0.2) is 9.97 Å². The van der Waals surface area contributed by atoms with Crippen molar-refractivity contribution >= 4 is 11.6 Å². The van der Waals surface area contributed by atoms with Crippen molar-refractivity contribution in [2.45, 2.75) is 0 Å². The molecule has 7 nitrogen and oxygen atoms in total. The second-order valence-electron chi connectivity index (χ2n) is 6.78. The van der Waals surface area contributed by atoms with E-state index in [1.165, 1.54) is 0 Å². The predicted octanol–water partition coefficient (Wildman–Crippen LogP) is 1.72. The molecular formula is C20H27N5O2. The van der Waals surface area contributed by atoms with Gasteiger partial charge in [-0.3, -0.25) is 4.90 Å². The van der Waals surface area contributed by atoms with E-state index in [2.05, 4.69) is 33.3 Å². The van der Waals surface area contributed by atoms with Gasteiger partial charge >= 0.3 is 0 Å². The topological polar surface area (TPSA) is 62.8 Å². The molecule has 0 unspecified atom stereocenters. The van der Waals surface area contributed by atoms with Gasteiger partial charge in [-0.1, -0.05) is 30.3 Å². The highest BCUT2D eigenvalue weighted by Gasteiger charge is 2.16. The van der Waals surface area contributed by atoms with Crippen LogP contribution in [0.5, 0.6) is 0 Å². The van der Waals surface area contributed by atoms with E-state index in [1.807, 2.05) is 18.2 Å². The van der Waals surface area contributed by atoms with Crippen LogP contribution in [0.1, 0.15) is 0 Å². The molecule has 2 aliphatic heterocycles. The maximum atomic E-state index is 5.48. The Bertz CT molecular complexity index is 716. The largest absolute Gasteiger partial charge is 0.379 e. The normalized spacial score (nSPS) is 18.4. The summed E-state index contributed by atoms with van der Waals surface area (Å²) in [6, 6.07) is 12.2. The summed E-state index contributed by atoms with van der Waals surface area (Å²) in [5.41, 5.74) is 1.03. The summed E-state index contributed by atoms with van der Waals surface area (Å²) in [6.45, 7) is 8.69. The van der Waals surface area contributed by atoms with Gasteiger partial charge in [-0.15, -0.1) is 0 Å². The molecule has 0 saturated carbocycles. The summed E-state index contributed by atoms with van der Waals surface area (Å²) in [4.78, 5) is 14.3. The number of rotatable bonds is 6. The summed E-state index contributed by atoms with van der Waals surface area (Å²) >= 11 is 0. The molecule has 0 radical (unpaired) electrons. The minimum atomic E-state index is 0.741. The van der Waals surface area contributed by atoms with Crippen molar-refractivity contribution in [1.82, 2.24) is 14.9 Å². The summed E-state index contributed by atoms with van der Waals surface area (Å²) < 4.78 is 10.9. The monoisotopic (exact) mass is 369 g/mol. The summed E-state index contributed by atoms with van der Waals surface area (Å²) in [7, 11) is 0. The molecule has 2 fully saturated rings. The quantitative estimate of drug-likeness (QED) is 0.832. The Kier molecular flexibility index (Phi) is 6.13. The van der Waals surface area contributed by atoms with E-state index in [-0.39, 0.29) is 0 Å². The van der Waals surface area contributed by atoms with E-state index in [1.54, 1.807) is 0 Å². The molecule has 27 heavy (non-hydrogen) atoms. The zero-order valence-electron chi connectivity index (χ0n) is 15.6. The number of benzene rings is 1. The number of morpholine rings is 2. The van der Waals surface area contributed by atoms with Crippen LogP contribution in [0.4, 0.5) is 11.6 Å². The minimum Gasteiger partial charge on any atom is -0.379 e. The lowest BCUT2D eigenvalue weighted by Crippen LogP contribution is -2.39. The molecule has 7 heteroatoms. The molecule has 4 rings (SSSR count). The van der Waals surface area contributed by atoms with Gasteiger partial charge in [-0.05, 0) is 0 Å². The van der Waals surface area contributed by atoms with Crippen molar-refractivity contribution in [3.8, 4) is 11.4 Å². The van der Waals surface area contributed by atoms with E-state index < -0.39 is 0 Å². The molecule has 1 aromatic heterocycles. The van der Waals surface area contributed by atoms with Gasteiger partial charge in [0, 0.05) is 50.9 Å². The zero-order chi connectivity index (χ0) is 18.3. The molecule has 0 spiro atoms. The minimum absolute atomic E-state index is 0.741. The maximum absolute atomic E-state index is 5.48. The predicted molar refractivity (Wildman–Crippen MR) is 106 cm³/mol. The Hall–Kier alpha value is -2.22. The van der Waals surface area contributed by atoms with Crippen LogP contribution >= 0.6 is 0 Å². The van der Waals surface area contributed by atoms with Crippen LogP contribution in [0.3, 0.4) is 0 Å². The highest BCUT2D eigenvalue weighted by Crippen LogP contribution is 2.23. The number of anilines is 2. The first-order chi connectivity index (χ1) is 13.4. The molecule has 1 aromatic carbocycles. The Morgan fingerprint density at radius 3 is 2.33 bits per heavy atom. The van der Waals surface area contributed by atoms with Crippen LogP contribution in [-0.4, -0.2) is 80.6 Å². The Balaban J connectivity index is 1.50. The third-order valence-corrected chi connectivity index (χ3v) is 4.92. The number of aromatic nitrogens is 2. The molecule has 144 valence electrons. The van der Waals surface area contributed by atoms with Gasteiger partial charge in [0.15, 0.2) is 5.82 Å². The molecule has 0 bridgehead atoms. The van der Waals surface area contributed by atoms with E-state index in [9.17, 15) is 0 Å². The van der Waals surface area contributed by atoms with E-state index in [0.29, 0.717) is 0 Å². The van der Waals surface area contributed by atoms with Crippen molar-refractivity contribution in [2.24, 2.45) is 0 Å². The van der Waals surface area contributed by atoms with Crippen molar-refractivity contribution in [3.05, 3.63) is 36.4 Å². The van der Waals surface area contributed by atoms with Gasteiger partial charge < -0.3 is 19.7 Å². The second kappa shape index (κ2) is 9.12. The number of hydrogen-bond acceptors (Lipinski definition) is 7. The average molecular weight is 369 g/mol. The summed E-state index contributed by atoms with van der Waals surface area (Å²) in [5, 5.41) is 3.49. The Morgan fingerprint density at radius 1 is 0.889 bits per heavy atom. The fraction of sp³-hybridized carbons (Fsp3) is 0.500. The summed E-state index contributed by atoms with van der Waals surface area (Å²) in [5.74, 6) is 2.59. The second-order valence-corrected chi connectivity index (χ2v) is 6.78. The lowest BCUT2D eigenvalue weighted by atomic mass is 10.2. The molecule has 3 heterocycles. The van der Waals surface area contributed by atoms with Gasteiger partial charge in [0.25, 0.3) is 0 Å². The average Bonchev–Trinajstić information content (AvgIpc) is 2.76. The molecule has 0 amide bonds. The Morgan fingerprint density at radius 2 is 1.59 bits per heavy atom. The van der Waals surface area contributed by atoms with Crippen molar-refractivity contribution in [1.29, 1.82) is 0 Å². The van der Waals surface area contributed by atoms with E-state index in [0.717, 1.165) is 88.7 Å². The van der Waals surface area contributed by atoms with Gasteiger partial charge in [-0.2, -0.15) is 0 Å². The third kappa shape index (κ3) is 4.94. The van der Waals surface area contributed by atoms with E-state index >= 15 is 0 Å². The summed E-state index contributed by atoms with van der Waals surface area (Å²) in [6.07, 6.45) is 0. The molecule has 2 saturated heterocycles. The first-order valence-corrected chi connectivity index (χ1v) is 9.70. The first kappa shape index (κ1) is 18.2. The maximum Gasteiger partial charge on any atom is 0.163 e. The molecule has 0 aliphatic carbocycles. The number of hydrogen-bond donors (Lipinski definition) is 1. The first-order valence-electron chi connectivity index (χ1n) is 9.70. The van der Waals surface area contributed by atoms with Crippen LogP contribution < -0.4 is 10.2 Å². The third-order valence-electron chi connectivity index (χ3n) is 4.92. The molecule has 1 N–H and O–H groups in total. The highest BCUT2D eigenvalue weighted by molar-refractivity contribution is 5.61. The highest BCUT2D eigenvalue weighted by atomic mass is 16.5. The van der Waals surface area contributed by atoms with Crippen molar-refractivity contribution < 1.29 is 9.47 Å². The van der Waals surface area contributed by atoms with Gasteiger partial charge in [0.05, 0.1) is 26.4 Å². The van der Waals surface area contributed by atoms with Crippen molar-refractivity contribution in [3.63, 3.8) is 0 Å². The van der Waals surface area contributed by atoms with Crippen LogP contribution in [0.25, 0.3) is 11.4 Å². The molecular weight excluding hydrogens is 342 g/mol. The zero-order valence-corrected chi connectivity index (χ0v) is 15.6. The van der Waals surface area contributed by atoms with E-state index in [4.69, 9.17) is 19.4 Å². The number of nitrogens with zero attached hydrogens (tertiary/aromatic N) is 4. The molecule has 2 aromatic rings. The number of nitrogens with one attached hydrogen (secondary N) is 1. The molecule has 0 atom stereocenters. The van der Waals surface area contributed by atoms with Gasteiger partial charge in [0.2, 0.25) is 0 Å². The Labute approximate surface area is 160 Å². The SMILES string of the molecule is c1ccc(-c2nc(NCCN3CCOCC3)cc(N3CCOCC3)n2)cc1. The van der Waals surface area contributed by atoms with Crippen LogP contribution in [0.2, 0.25) is 0 Å². The fourth-order valence-corrected chi connectivity index (χ4v) is 3.36. The standard InChI is InChI=1S/C20H27N5O2/c1-2-4-17(5-3-1)20-22-18(21-6-7-24-8-12-26-13-9-24)16-19(23-20)25-10-14-27-15-11-25/h1-5,16H,6-15H2,(H,21,22,23). The van der Waals surface area contributed by atoms with Crippen LogP contribution in [-0.2, 0) is 9.47 Å². The van der Waals surface area contributed by atoms with Crippen molar-refractivity contribution in [2.75, 3.05) is 75.9 Å². The van der Waals surface area contributed by atoms with Gasteiger partial charge in [0.1, 0.15) is 11.6 Å². The fourth-order valence-electron chi connectivity index (χ4n) is 3.36. The van der Waals surface area contributed by atoms with Crippen LogP contribution in [0, 0.1) is 0 Å².